The van der Waals surface area contributed by atoms with E-state index in [1.807, 2.05) is 0 Å². The zero-order valence-corrected chi connectivity index (χ0v) is 4.22. The van der Waals surface area contributed by atoms with Crippen LogP contribution in [0.5, 0.6) is 0 Å². The molecule has 0 saturated heterocycles. The lowest BCUT2D eigenvalue weighted by Gasteiger charge is -1.85. The SMILES string of the molecule is C=C(CC#N)C(=O)O. The van der Waals surface area contributed by atoms with E-state index >= 15 is 0 Å². The van der Waals surface area contributed by atoms with Crippen molar-refractivity contribution in [3.8, 4) is 6.07 Å². The van der Waals surface area contributed by atoms with E-state index < -0.39 is 5.97 Å². The van der Waals surface area contributed by atoms with Gasteiger partial charge in [-0.1, -0.05) is 6.58 Å². The maximum atomic E-state index is 9.84. The monoisotopic (exact) mass is 111 g/mol. The van der Waals surface area contributed by atoms with Gasteiger partial charge in [0.2, 0.25) is 0 Å². The normalized spacial score (nSPS) is 7.38. The number of nitrogens with zero attached hydrogens (tertiary/aromatic N) is 1. The van der Waals surface area contributed by atoms with Crippen LogP contribution in [0.25, 0.3) is 0 Å². The number of carboxylic acid groups (broad SMARTS) is 1. The maximum absolute atomic E-state index is 9.84. The molecule has 0 unspecified atom stereocenters. The van der Waals surface area contributed by atoms with E-state index in [-0.39, 0.29) is 12.0 Å². The summed E-state index contributed by atoms with van der Waals surface area (Å²) in [5.74, 6) is -1.11. The van der Waals surface area contributed by atoms with Crippen molar-refractivity contribution in [2.45, 2.75) is 6.42 Å². The molecule has 0 aliphatic rings. The first kappa shape index (κ1) is 6.70. The third kappa shape index (κ3) is 1.98. The summed E-state index contributed by atoms with van der Waals surface area (Å²) in [6.45, 7) is 3.12. The molecule has 3 nitrogen and oxygen atoms in total. The van der Waals surface area contributed by atoms with Gasteiger partial charge in [-0.15, -0.1) is 0 Å². The molecule has 0 radical (unpaired) electrons. The van der Waals surface area contributed by atoms with Gasteiger partial charge in [-0.3, -0.25) is 0 Å². The Morgan fingerprint density at radius 2 is 2.38 bits per heavy atom. The Morgan fingerprint density at radius 1 is 1.88 bits per heavy atom. The highest BCUT2D eigenvalue weighted by Gasteiger charge is 1.99. The van der Waals surface area contributed by atoms with Crippen LogP contribution in [-0.2, 0) is 4.79 Å². The highest BCUT2D eigenvalue weighted by molar-refractivity contribution is 5.86. The first-order valence-electron chi connectivity index (χ1n) is 1.96. The molecule has 1 N–H and O–H groups in total. The van der Waals surface area contributed by atoms with Gasteiger partial charge in [0.15, 0.2) is 0 Å². The van der Waals surface area contributed by atoms with Crippen LogP contribution in [0.2, 0.25) is 0 Å². The lowest BCUT2D eigenvalue weighted by molar-refractivity contribution is -0.132. The molecule has 0 bridgehead atoms. The molecule has 0 aromatic carbocycles. The molecule has 0 fully saturated rings. The summed E-state index contributed by atoms with van der Waals surface area (Å²) < 4.78 is 0. The van der Waals surface area contributed by atoms with Crippen molar-refractivity contribution in [3.63, 3.8) is 0 Å². The van der Waals surface area contributed by atoms with Crippen LogP contribution in [0.15, 0.2) is 12.2 Å². The number of hydrogen-bond donors (Lipinski definition) is 1. The van der Waals surface area contributed by atoms with E-state index in [2.05, 4.69) is 6.58 Å². The number of carbonyl (C=O) groups is 1. The van der Waals surface area contributed by atoms with Gasteiger partial charge in [0.05, 0.1) is 12.5 Å². The molecule has 0 aliphatic carbocycles. The van der Waals surface area contributed by atoms with E-state index in [9.17, 15) is 4.79 Å². The predicted octanol–water partition coefficient (Wildman–Crippen LogP) is 0.541. The Balaban J connectivity index is 3.71. The molecule has 0 saturated carbocycles. The number of carboxylic acids is 1. The van der Waals surface area contributed by atoms with Crippen molar-refractivity contribution in [2.24, 2.45) is 0 Å². The van der Waals surface area contributed by atoms with Gasteiger partial charge in [-0.2, -0.15) is 5.26 Å². The molecule has 0 aromatic heterocycles. The number of hydrogen-bond acceptors (Lipinski definition) is 2. The van der Waals surface area contributed by atoms with Crippen LogP contribution in [0.1, 0.15) is 6.42 Å². The second-order valence-corrected chi connectivity index (χ2v) is 1.24. The standard InChI is InChI=1S/C5H5NO2/c1-4(2-3-6)5(7)8/h1-2H2,(H,7,8). The average Bonchev–Trinajstić information content (AvgIpc) is 1.67. The smallest absolute Gasteiger partial charge is 0.332 e. The fraction of sp³-hybridized carbons (Fsp3) is 0.200. The van der Waals surface area contributed by atoms with Crippen molar-refractivity contribution in [2.75, 3.05) is 0 Å². The van der Waals surface area contributed by atoms with Crippen molar-refractivity contribution >= 4 is 5.97 Å². The van der Waals surface area contributed by atoms with Gasteiger partial charge in [0, 0.05) is 5.57 Å². The summed E-state index contributed by atoms with van der Waals surface area (Å²) in [4.78, 5) is 9.84. The second kappa shape index (κ2) is 2.80. The summed E-state index contributed by atoms with van der Waals surface area (Å²) in [6.07, 6.45) is -0.102. The Hall–Kier alpha value is -1.30. The molecule has 0 aromatic rings. The van der Waals surface area contributed by atoms with Gasteiger partial charge in [-0.25, -0.2) is 4.79 Å². The summed E-state index contributed by atoms with van der Waals surface area (Å²) >= 11 is 0. The summed E-state index contributed by atoms with van der Waals surface area (Å²) in [7, 11) is 0. The van der Waals surface area contributed by atoms with Crippen molar-refractivity contribution in [3.05, 3.63) is 12.2 Å². The summed E-state index contributed by atoms with van der Waals surface area (Å²) in [5.41, 5.74) is -0.0625. The number of nitriles is 1. The van der Waals surface area contributed by atoms with E-state index in [1.165, 1.54) is 0 Å². The molecular weight excluding hydrogens is 106 g/mol. The highest BCUT2D eigenvalue weighted by Crippen LogP contribution is 1.93. The molecule has 0 atom stereocenters. The van der Waals surface area contributed by atoms with Crippen LogP contribution in [0.3, 0.4) is 0 Å². The minimum absolute atomic E-state index is 0.0625. The van der Waals surface area contributed by atoms with E-state index in [0.717, 1.165) is 0 Å². The minimum atomic E-state index is -1.11. The minimum Gasteiger partial charge on any atom is -0.478 e. The van der Waals surface area contributed by atoms with Crippen LogP contribution < -0.4 is 0 Å². The zero-order valence-electron chi connectivity index (χ0n) is 4.22. The van der Waals surface area contributed by atoms with Gasteiger partial charge in [-0.05, 0) is 0 Å². The van der Waals surface area contributed by atoms with Crippen LogP contribution in [0.4, 0.5) is 0 Å². The summed E-state index contributed by atoms with van der Waals surface area (Å²) in [5, 5.41) is 16.0. The van der Waals surface area contributed by atoms with E-state index in [1.54, 1.807) is 6.07 Å². The Morgan fingerprint density at radius 3 is 2.50 bits per heavy atom. The number of rotatable bonds is 2. The Kier molecular flexibility index (Phi) is 2.35. The third-order valence-electron chi connectivity index (χ3n) is 0.595. The predicted molar refractivity (Wildman–Crippen MR) is 27.0 cm³/mol. The quantitative estimate of drug-likeness (QED) is 0.529. The van der Waals surface area contributed by atoms with Gasteiger partial charge >= 0.3 is 5.97 Å². The highest BCUT2D eigenvalue weighted by atomic mass is 16.4. The zero-order chi connectivity index (χ0) is 6.57. The topological polar surface area (TPSA) is 61.1 Å². The van der Waals surface area contributed by atoms with Crippen LogP contribution >= 0.6 is 0 Å². The Bertz CT molecular complexity index is 154. The van der Waals surface area contributed by atoms with E-state index in [4.69, 9.17) is 10.4 Å². The lowest BCUT2D eigenvalue weighted by atomic mass is 10.2. The first-order valence-corrected chi connectivity index (χ1v) is 1.96. The largest absolute Gasteiger partial charge is 0.478 e. The summed E-state index contributed by atoms with van der Waals surface area (Å²) in [6, 6.07) is 1.67. The fourth-order valence-corrected chi connectivity index (χ4v) is 0.171. The van der Waals surface area contributed by atoms with Gasteiger partial charge < -0.3 is 5.11 Å². The molecular formula is C5H5NO2. The maximum Gasteiger partial charge on any atom is 0.332 e. The third-order valence-corrected chi connectivity index (χ3v) is 0.595. The first-order chi connectivity index (χ1) is 3.68. The van der Waals surface area contributed by atoms with Crippen molar-refractivity contribution in [1.82, 2.24) is 0 Å². The molecule has 8 heavy (non-hydrogen) atoms. The van der Waals surface area contributed by atoms with E-state index in [0.29, 0.717) is 0 Å². The molecule has 0 amide bonds. The number of aliphatic carboxylic acids is 1. The molecule has 0 spiro atoms. The molecule has 42 valence electrons. The van der Waals surface area contributed by atoms with Gasteiger partial charge in [0.1, 0.15) is 0 Å². The Labute approximate surface area is 46.9 Å². The molecule has 0 aliphatic heterocycles. The second-order valence-electron chi connectivity index (χ2n) is 1.24. The van der Waals surface area contributed by atoms with Gasteiger partial charge in [0.25, 0.3) is 0 Å². The molecule has 0 rings (SSSR count). The molecule has 0 heterocycles. The average molecular weight is 111 g/mol. The molecule has 3 heteroatoms. The fourth-order valence-electron chi connectivity index (χ4n) is 0.171. The van der Waals surface area contributed by atoms with Crippen molar-refractivity contribution in [1.29, 1.82) is 5.26 Å². The van der Waals surface area contributed by atoms with Crippen LogP contribution in [-0.4, -0.2) is 11.1 Å². The van der Waals surface area contributed by atoms with Crippen molar-refractivity contribution < 1.29 is 9.90 Å². The van der Waals surface area contributed by atoms with Crippen LogP contribution in [0, 0.1) is 11.3 Å². The lowest BCUT2D eigenvalue weighted by Crippen LogP contribution is -1.96.